The van der Waals surface area contributed by atoms with Crippen molar-refractivity contribution in [2.75, 3.05) is 0 Å². The van der Waals surface area contributed by atoms with E-state index in [0.29, 0.717) is 11.7 Å². The number of nitrogens with zero attached hydrogens (tertiary/aromatic N) is 3. The van der Waals surface area contributed by atoms with Gasteiger partial charge in [-0.15, -0.1) is 0 Å². The van der Waals surface area contributed by atoms with Gasteiger partial charge in [-0.05, 0) is 29.5 Å². The summed E-state index contributed by atoms with van der Waals surface area (Å²) >= 11 is 5.94. The molecule has 3 aromatic rings. The predicted octanol–water partition coefficient (Wildman–Crippen LogP) is 3.52. The lowest BCUT2D eigenvalue weighted by Gasteiger charge is -2.06. The summed E-state index contributed by atoms with van der Waals surface area (Å²) in [5.41, 5.74) is 2.09. The Kier molecular flexibility index (Phi) is 3.90. The van der Waals surface area contributed by atoms with E-state index in [4.69, 9.17) is 11.6 Å². The van der Waals surface area contributed by atoms with Crippen LogP contribution in [0.5, 0.6) is 0 Å². The molecule has 0 saturated heterocycles. The fraction of sp³-hybridized carbons (Fsp3) is 0.250. The van der Waals surface area contributed by atoms with E-state index in [1.165, 1.54) is 0 Å². The highest BCUT2D eigenvalue weighted by atomic mass is 35.5. The van der Waals surface area contributed by atoms with Crippen LogP contribution in [0.25, 0.3) is 21.9 Å². The molecule has 108 valence electrons. The third-order valence-electron chi connectivity index (χ3n) is 3.52. The van der Waals surface area contributed by atoms with E-state index in [2.05, 4.69) is 16.1 Å². The summed E-state index contributed by atoms with van der Waals surface area (Å²) < 4.78 is 1.77. The van der Waals surface area contributed by atoms with Crippen LogP contribution in [0.2, 0.25) is 5.15 Å². The zero-order valence-corrected chi connectivity index (χ0v) is 12.5. The minimum Gasteiger partial charge on any atom is -0.391 e. The van der Waals surface area contributed by atoms with Gasteiger partial charge in [0, 0.05) is 23.3 Å². The lowest BCUT2D eigenvalue weighted by atomic mass is 10.1. The smallest absolute Gasteiger partial charge is 0.129 e. The van der Waals surface area contributed by atoms with Crippen LogP contribution in [-0.4, -0.2) is 26.0 Å². The molecule has 2 heterocycles. The molecule has 0 aliphatic rings. The predicted molar refractivity (Wildman–Crippen MR) is 84.3 cm³/mol. The van der Waals surface area contributed by atoms with E-state index >= 15 is 0 Å². The highest BCUT2D eigenvalue weighted by molar-refractivity contribution is 6.30. The Labute approximate surface area is 128 Å². The highest BCUT2D eigenvalue weighted by Crippen LogP contribution is 2.25. The lowest BCUT2D eigenvalue weighted by molar-refractivity contribution is 0.145. The maximum atomic E-state index is 9.68. The van der Waals surface area contributed by atoms with E-state index in [-0.39, 0.29) is 6.10 Å². The van der Waals surface area contributed by atoms with Crippen molar-refractivity contribution in [3.8, 4) is 11.1 Å². The molecule has 0 unspecified atom stereocenters. The maximum absolute atomic E-state index is 9.68. The van der Waals surface area contributed by atoms with Gasteiger partial charge in [0.25, 0.3) is 0 Å². The van der Waals surface area contributed by atoms with Gasteiger partial charge in [-0.3, -0.25) is 4.68 Å². The average molecular weight is 302 g/mol. The monoisotopic (exact) mass is 301 g/mol. The van der Waals surface area contributed by atoms with Crippen molar-refractivity contribution in [3.63, 3.8) is 0 Å². The quantitative estimate of drug-likeness (QED) is 0.750. The molecule has 3 rings (SSSR count). The molecule has 0 amide bonds. The summed E-state index contributed by atoms with van der Waals surface area (Å²) in [5.74, 6) is 0. The number of aliphatic hydroxyl groups is 1. The number of aromatic nitrogens is 3. The molecule has 0 aliphatic carbocycles. The van der Waals surface area contributed by atoms with Gasteiger partial charge in [0.1, 0.15) is 5.15 Å². The fourth-order valence-electron chi connectivity index (χ4n) is 2.25. The third kappa shape index (κ3) is 3.06. The molecule has 1 N–H and O–H groups in total. The van der Waals surface area contributed by atoms with Crippen molar-refractivity contribution in [1.82, 2.24) is 14.8 Å². The molecule has 0 radical (unpaired) electrons. The molecule has 0 fully saturated rings. The van der Waals surface area contributed by atoms with Crippen LogP contribution in [0.3, 0.4) is 0 Å². The van der Waals surface area contributed by atoms with Crippen molar-refractivity contribution < 1.29 is 5.11 Å². The number of hydrogen-bond donors (Lipinski definition) is 1. The van der Waals surface area contributed by atoms with E-state index in [0.717, 1.165) is 28.3 Å². The molecule has 1 aromatic carbocycles. The normalized spacial score (nSPS) is 12.7. The Morgan fingerprint density at radius 1 is 1.19 bits per heavy atom. The summed E-state index contributed by atoms with van der Waals surface area (Å²) in [4.78, 5) is 4.08. The Morgan fingerprint density at radius 3 is 2.86 bits per heavy atom. The number of pyridine rings is 1. The Hall–Kier alpha value is -1.91. The number of hydrogen-bond acceptors (Lipinski definition) is 3. The average Bonchev–Trinajstić information content (AvgIpc) is 2.94. The standard InChI is InChI=1S/C16H16ClN3O/c1-2-15(21)10-20-9-14(8-19-20)11-3-4-12-7-18-16(17)6-13(12)5-11/h3-9,15,21H,2,10H2,1H3/t15-/m0/s1. The first-order valence-electron chi connectivity index (χ1n) is 6.92. The number of benzene rings is 1. The van der Waals surface area contributed by atoms with Crippen LogP contribution < -0.4 is 0 Å². The number of fused-ring (bicyclic) bond motifs is 1. The Morgan fingerprint density at radius 2 is 2.05 bits per heavy atom. The van der Waals surface area contributed by atoms with Gasteiger partial charge in [-0.25, -0.2) is 4.98 Å². The van der Waals surface area contributed by atoms with Crippen molar-refractivity contribution >= 4 is 22.4 Å². The Bertz CT molecular complexity index is 769. The summed E-state index contributed by atoms with van der Waals surface area (Å²) in [5, 5.41) is 16.6. The zero-order chi connectivity index (χ0) is 14.8. The molecular formula is C16H16ClN3O. The second kappa shape index (κ2) is 5.84. The van der Waals surface area contributed by atoms with Crippen LogP contribution >= 0.6 is 11.6 Å². The molecule has 0 saturated carbocycles. The lowest BCUT2D eigenvalue weighted by Crippen LogP contribution is -2.14. The van der Waals surface area contributed by atoms with Crippen molar-refractivity contribution in [1.29, 1.82) is 0 Å². The van der Waals surface area contributed by atoms with Crippen molar-refractivity contribution in [2.45, 2.75) is 26.0 Å². The van der Waals surface area contributed by atoms with Crippen molar-refractivity contribution in [2.24, 2.45) is 0 Å². The van der Waals surface area contributed by atoms with E-state index in [9.17, 15) is 5.11 Å². The first kappa shape index (κ1) is 14.0. The van der Waals surface area contributed by atoms with Crippen LogP contribution in [-0.2, 0) is 6.54 Å². The van der Waals surface area contributed by atoms with Crippen LogP contribution in [0, 0.1) is 0 Å². The van der Waals surface area contributed by atoms with Crippen LogP contribution in [0.1, 0.15) is 13.3 Å². The van der Waals surface area contributed by atoms with E-state index in [1.807, 2.05) is 37.5 Å². The minimum absolute atomic E-state index is 0.362. The van der Waals surface area contributed by atoms with Crippen molar-refractivity contribution in [3.05, 3.63) is 48.0 Å². The first-order chi connectivity index (χ1) is 10.2. The summed E-state index contributed by atoms with van der Waals surface area (Å²) in [6.07, 6.45) is 5.88. The largest absolute Gasteiger partial charge is 0.391 e. The second-order valence-corrected chi connectivity index (χ2v) is 5.47. The first-order valence-corrected chi connectivity index (χ1v) is 7.29. The van der Waals surface area contributed by atoms with Crippen LogP contribution in [0.15, 0.2) is 42.9 Å². The fourth-order valence-corrected chi connectivity index (χ4v) is 2.42. The molecule has 5 heteroatoms. The molecule has 2 aromatic heterocycles. The van der Waals surface area contributed by atoms with Gasteiger partial charge in [0.15, 0.2) is 0 Å². The molecular weight excluding hydrogens is 286 g/mol. The topological polar surface area (TPSA) is 50.9 Å². The highest BCUT2D eigenvalue weighted by Gasteiger charge is 2.06. The molecule has 0 aliphatic heterocycles. The molecule has 1 atom stereocenters. The van der Waals surface area contributed by atoms with E-state index in [1.54, 1.807) is 10.9 Å². The second-order valence-electron chi connectivity index (χ2n) is 5.08. The van der Waals surface area contributed by atoms with Gasteiger partial charge < -0.3 is 5.11 Å². The maximum Gasteiger partial charge on any atom is 0.129 e. The number of halogens is 1. The van der Waals surface area contributed by atoms with Gasteiger partial charge in [-0.1, -0.05) is 30.7 Å². The zero-order valence-electron chi connectivity index (χ0n) is 11.7. The summed E-state index contributed by atoms with van der Waals surface area (Å²) in [6.45, 7) is 2.47. The van der Waals surface area contributed by atoms with Gasteiger partial charge in [-0.2, -0.15) is 5.10 Å². The number of rotatable bonds is 4. The molecule has 4 nitrogen and oxygen atoms in total. The van der Waals surface area contributed by atoms with Crippen LogP contribution in [0.4, 0.5) is 0 Å². The molecule has 0 bridgehead atoms. The van der Waals surface area contributed by atoms with Gasteiger partial charge in [0.2, 0.25) is 0 Å². The summed E-state index contributed by atoms with van der Waals surface area (Å²) in [6, 6.07) is 7.98. The molecule has 0 spiro atoms. The summed E-state index contributed by atoms with van der Waals surface area (Å²) in [7, 11) is 0. The SMILES string of the molecule is CC[C@H](O)Cn1cc(-c2ccc3cnc(Cl)cc3c2)cn1. The van der Waals surface area contributed by atoms with Gasteiger partial charge >= 0.3 is 0 Å². The minimum atomic E-state index is -0.362. The number of aliphatic hydroxyl groups excluding tert-OH is 1. The third-order valence-corrected chi connectivity index (χ3v) is 3.73. The van der Waals surface area contributed by atoms with E-state index < -0.39 is 0 Å². The van der Waals surface area contributed by atoms with Gasteiger partial charge in [0.05, 0.1) is 18.8 Å². The molecule has 21 heavy (non-hydrogen) atoms. The Balaban J connectivity index is 1.93.